The maximum atomic E-state index is 13.6. The van der Waals surface area contributed by atoms with Gasteiger partial charge in [0.05, 0.1) is 5.02 Å². The van der Waals surface area contributed by atoms with E-state index < -0.39 is 5.82 Å². The summed E-state index contributed by atoms with van der Waals surface area (Å²) in [5.74, 6) is -0.492. The Morgan fingerprint density at radius 2 is 1.97 bits per heavy atom. The van der Waals surface area contributed by atoms with E-state index >= 15 is 0 Å². The zero-order valence-electron chi connectivity index (χ0n) is 19.0. The molecule has 8 heteroatoms. The summed E-state index contributed by atoms with van der Waals surface area (Å²) in [7, 11) is 2.16. The number of benzene rings is 2. The Labute approximate surface area is 209 Å². The lowest BCUT2D eigenvalue weighted by molar-refractivity contribution is 0.140. The largest absolute Gasteiger partial charge is 0.322 e. The number of hydrogen-bond donors (Lipinski definition) is 1. The second kappa shape index (κ2) is 11.2. The van der Waals surface area contributed by atoms with Crippen molar-refractivity contribution < 1.29 is 9.18 Å². The predicted octanol–water partition coefficient (Wildman–Crippen LogP) is 5.27. The van der Waals surface area contributed by atoms with E-state index in [4.69, 9.17) is 11.6 Å². The minimum atomic E-state index is -0.492. The van der Waals surface area contributed by atoms with Crippen LogP contribution >= 0.6 is 27.5 Å². The Kier molecular flexibility index (Phi) is 8.28. The highest BCUT2D eigenvalue weighted by Gasteiger charge is 2.28. The van der Waals surface area contributed by atoms with Gasteiger partial charge in [0.25, 0.3) is 0 Å². The third-order valence-corrected chi connectivity index (χ3v) is 7.50. The molecule has 0 radical (unpaired) electrons. The number of anilines is 1. The van der Waals surface area contributed by atoms with Crippen LogP contribution in [0.15, 0.2) is 40.9 Å². The monoisotopic (exact) mass is 536 g/mol. The summed E-state index contributed by atoms with van der Waals surface area (Å²) in [5, 5.41) is 2.95. The summed E-state index contributed by atoms with van der Waals surface area (Å²) < 4.78 is 14.6. The molecule has 5 nitrogen and oxygen atoms in total. The maximum Gasteiger partial charge on any atom is 0.322 e. The molecule has 0 saturated carbocycles. The number of nitrogens with zero attached hydrogens (tertiary/aromatic N) is 3. The smallest absolute Gasteiger partial charge is 0.321 e. The quantitative estimate of drug-likeness (QED) is 0.546. The molecule has 1 N–H and O–H groups in total. The lowest BCUT2D eigenvalue weighted by Gasteiger charge is -2.37. The third kappa shape index (κ3) is 6.47. The summed E-state index contributed by atoms with van der Waals surface area (Å²) in [6, 6.07) is 10.7. The minimum absolute atomic E-state index is 0.00610. The molecule has 0 spiro atoms. The number of nitrogens with one attached hydrogen (secondary N) is 1. The van der Waals surface area contributed by atoms with Gasteiger partial charge in [0.15, 0.2) is 0 Å². The maximum absolute atomic E-state index is 13.6. The predicted molar refractivity (Wildman–Crippen MR) is 136 cm³/mol. The van der Waals surface area contributed by atoms with Gasteiger partial charge in [-0.2, -0.15) is 0 Å². The van der Waals surface area contributed by atoms with Gasteiger partial charge in [0.1, 0.15) is 5.82 Å². The van der Waals surface area contributed by atoms with Crippen molar-refractivity contribution >= 4 is 39.2 Å². The zero-order valence-corrected chi connectivity index (χ0v) is 21.3. The van der Waals surface area contributed by atoms with Crippen LogP contribution in [0.4, 0.5) is 14.9 Å². The summed E-state index contributed by atoms with van der Waals surface area (Å²) >= 11 is 9.48. The van der Waals surface area contributed by atoms with Crippen LogP contribution in [0.1, 0.15) is 24.0 Å². The van der Waals surface area contributed by atoms with Crippen molar-refractivity contribution in [2.45, 2.75) is 31.7 Å². The first-order valence-electron chi connectivity index (χ1n) is 11.6. The Bertz CT molecular complexity index is 983. The normalized spacial score (nSPS) is 19.2. The molecular formula is C25H31BrClFN4O. The molecule has 1 aliphatic heterocycles. The second-order valence-corrected chi connectivity index (χ2v) is 10.4. The number of fused-ring (bicyclic) bond motifs is 1. The third-order valence-electron chi connectivity index (χ3n) is 6.71. The molecule has 1 heterocycles. The van der Waals surface area contributed by atoms with E-state index in [1.54, 1.807) is 6.07 Å². The first kappa shape index (κ1) is 24.5. The number of urea groups is 1. The van der Waals surface area contributed by atoms with Gasteiger partial charge in [0.2, 0.25) is 0 Å². The van der Waals surface area contributed by atoms with E-state index in [1.165, 1.54) is 23.3 Å². The van der Waals surface area contributed by atoms with Crippen molar-refractivity contribution in [3.63, 3.8) is 0 Å². The SMILES string of the molecule is CN1CCN(CCCN(C(=O)Nc2ccc(F)c(Cl)c2)[C@H]2CCc3cc(Br)ccc3C2)CC1. The van der Waals surface area contributed by atoms with Crippen LogP contribution < -0.4 is 5.32 Å². The van der Waals surface area contributed by atoms with E-state index in [1.807, 2.05) is 4.90 Å². The molecule has 0 aromatic heterocycles. The first-order chi connectivity index (χ1) is 15.9. The molecule has 2 aromatic rings. The zero-order chi connectivity index (χ0) is 23.4. The molecule has 4 rings (SSSR count). The standard InChI is InChI=1S/C25H31BrClFN4O/c1-30-11-13-31(14-12-30)9-2-10-32(25(33)29-21-6-8-24(28)23(27)17-21)22-7-4-18-15-20(26)5-3-19(18)16-22/h3,5-6,8,15,17,22H,2,4,7,9-14,16H2,1H3,(H,29,33)/t22-/m0/s1. The molecule has 2 aliphatic rings. The molecule has 1 fully saturated rings. The minimum Gasteiger partial charge on any atom is -0.321 e. The number of carbonyl (C=O) groups is 1. The van der Waals surface area contributed by atoms with Gasteiger partial charge in [-0.25, -0.2) is 9.18 Å². The molecule has 0 unspecified atom stereocenters. The van der Waals surface area contributed by atoms with Crippen molar-refractivity contribution in [2.75, 3.05) is 51.6 Å². The van der Waals surface area contributed by atoms with Gasteiger partial charge in [-0.05, 0) is 80.7 Å². The molecule has 178 valence electrons. The lowest BCUT2D eigenvalue weighted by Crippen LogP contribution is -2.48. The van der Waals surface area contributed by atoms with E-state index in [2.05, 4.69) is 56.3 Å². The van der Waals surface area contributed by atoms with Crippen molar-refractivity contribution in [1.82, 2.24) is 14.7 Å². The van der Waals surface area contributed by atoms with Crippen LogP contribution in [0.5, 0.6) is 0 Å². The van der Waals surface area contributed by atoms with Crippen LogP contribution in [0.25, 0.3) is 0 Å². The van der Waals surface area contributed by atoms with E-state index in [9.17, 15) is 9.18 Å². The average Bonchev–Trinajstić information content (AvgIpc) is 2.80. The summed E-state index contributed by atoms with van der Waals surface area (Å²) in [6.45, 7) is 5.99. The fourth-order valence-corrected chi connectivity index (χ4v) is 5.31. The molecule has 33 heavy (non-hydrogen) atoms. The van der Waals surface area contributed by atoms with E-state index in [-0.39, 0.29) is 17.1 Å². The number of halogens is 3. The van der Waals surface area contributed by atoms with Crippen LogP contribution in [0.3, 0.4) is 0 Å². The highest BCUT2D eigenvalue weighted by Crippen LogP contribution is 2.28. The summed E-state index contributed by atoms with van der Waals surface area (Å²) in [6.07, 6.45) is 3.64. The number of aryl methyl sites for hydroxylation is 1. The lowest BCUT2D eigenvalue weighted by atomic mass is 9.87. The number of amides is 2. The van der Waals surface area contributed by atoms with Gasteiger partial charge >= 0.3 is 6.03 Å². The number of likely N-dealkylation sites (N-methyl/N-ethyl adjacent to an activating group) is 1. The van der Waals surface area contributed by atoms with E-state index in [0.29, 0.717) is 12.2 Å². The average molecular weight is 538 g/mol. The number of carbonyl (C=O) groups excluding carboxylic acids is 1. The van der Waals surface area contributed by atoms with E-state index in [0.717, 1.165) is 62.9 Å². The Balaban J connectivity index is 1.44. The van der Waals surface area contributed by atoms with Gasteiger partial charge < -0.3 is 20.0 Å². The summed E-state index contributed by atoms with van der Waals surface area (Å²) in [4.78, 5) is 20.1. The first-order valence-corrected chi connectivity index (χ1v) is 12.8. The van der Waals surface area contributed by atoms with Gasteiger partial charge in [0, 0.05) is 48.9 Å². The fraction of sp³-hybridized carbons (Fsp3) is 0.480. The molecule has 2 aromatic carbocycles. The molecule has 0 bridgehead atoms. The van der Waals surface area contributed by atoms with Gasteiger partial charge in [-0.3, -0.25) is 0 Å². The summed E-state index contributed by atoms with van der Waals surface area (Å²) in [5.41, 5.74) is 3.16. The molecule has 1 saturated heterocycles. The van der Waals surface area contributed by atoms with Gasteiger partial charge in [-0.15, -0.1) is 0 Å². The molecule has 2 amide bonds. The molecular weight excluding hydrogens is 507 g/mol. The van der Waals surface area contributed by atoms with Crippen molar-refractivity contribution in [1.29, 1.82) is 0 Å². The highest BCUT2D eigenvalue weighted by molar-refractivity contribution is 9.10. The van der Waals surface area contributed by atoms with Crippen molar-refractivity contribution in [2.24, 2.45) is 0 Å². The number of piperazine rings is 1. The van der Waals surface area contributed by atoms with Crippen molar-refractivity contribution in [3.8, 4) is 0 Å². The van der Waals surface area contributed by atoms with Crippen LogP contribution in [-0.4, -0.2) is 73.1 Å². The number of hydrogen-bond acceptors (Lipinski definition) is 3. The van der Waals surface area contributed by atoms with Gasteiger partial charge in [-0.1, -0.05) is 33.6 Å². The second-order valence-electron chi connectivity index (χ2n) is 9.06. The molecule has 1 atom stereocenters. The van der Waals surface area contributed by atoms with Crippen LogP contribution in [0, 0.1) is 5.82 Å². The van der Waals surface area contributed by atoms with Crippen LogP contribution in [0.2, 0.25) is 5.02 Å². The highest BCUT2D eigenvalue weighted by atomic mass is 79.9. The van der Waals surface area contributed by atoms with Crippen molar-refractivity contribution in [3.05, 3.63) is 62.8 Å². The Morgan fingerprint density at radius 3 is 2.73 bits per heavy atom. The topological polar surface area (TPSA) is 38.8 Å². The van der Waals surface area contributed by atoms with Crippen LogP contribution in [-0.2, 0) is 12.8 Å². The fourth-order valence-electron chi connectivity index (χ4n) is 4.73. The Hall–Kier alpha value is -1.67. The molecule has 1 aliphatic carbocycles. The Morgan fingerprint density at radius 1 is 1.18 bits per heavy atom. The number of rotatable bonds is 6.